The maximum absolute atomic E-state index is 4.72. The molecule has 1 aromatic heterocycles. The second-order valence-electron chi connectivity index (χ2n) is 5.10. The highest BCUT2D eigenvalue weighted by atomic mass is 15.2. The minimum Gasteiger partial charge on any atom is -0.330 e. The van der Waals surface area contributed by atoms with E-state index in [1.54, 1.807) is 0 Å². The summed E-state index contributed by atoms with van der Waals surface area (Å²) >= 11 is 0. The Morgan fingerprint density at radius 2 is 1.94 bits per heavy atom. The smallest absolute Gasteiger partial charge is 0.123 e. The van der Waals surface area contributed by atoms with Crippen molar-refractivity contribution in [1.82, 2.24) is 14.5 Å². The van der Waals surface area contributed by atoms with Gasteiger partial charge < -0.3 is 4.57 Å². The molecule has 18 heavy (non-hydrogen) atoms. The molecule has 0 radical (unpaired) electrons. The number of aryl methyl sites for hydroxylation is 1. The highest BCUT2D eigenvalue weighted by molar-refractivity contribution is 5.75. The van der Waals surface area contributed by atoms with E-state index >= 15 is 0 Å². The number of nitrogens with zero attached hydrogens (tertiary/aromatic N) is 3. The van der Waals surface area contributed by atoms with Crippen LogP contribution in [0.25, 0.3) is 11.0 Å². The molecule has 2 heterocycles. The average molecular weight is 241 g/mol. The number of para-hydroxylation sites is 2. The number of imidazole rings is 1. The maximum atomic E-state index is 4.72. The third-order valence-corrected chi connectivity index (χ3v) is 3.81. The van der Waals surface area contributed by atoms with Gasteiger partial charge in [0.15, 0.2) is 0 Å². The van der Waals surface area contributed by atoms with Gasteiger partial charge in [0, 0.05) is 20.1 Å². The first-order chi connectivity index (χ1) is 8.74. The van der Waals surface area contributed by atoms with Gasteiger partial charge in [0.2, 0.25) is 0 Å². The number of aromatic nitrogens is 2. The molecule has 1 fully saturated rings. The Labute approximate surface area is 108 Å². The third-order valence-electron chi connectivity index (χ3n) is 3.81. The summed E-state index contributed by atoms with van der Waals surface area (Å²) in [6, 6.07) is 8.32. The van der Waals surface area contributed by atoms with Crippen molar-refractivity contribution in [2.75, 3.05) is 13.1 Å². The van der Waals surface area contributed by atoms with E-state index in [9.17, 15) is 0 Å². The first-order valence-corrected chi connectivity index (χ1v) is 6.53. The summed E-state index contributed by atoms with van der Waals surface area (Å²) in [7, 11) is 2.10. The van der Waals surface area contributed by atoms with Crippen molar-refractivity contribution in [3.8, 4) is 0 Å². The van der Waals surface area contributed by atoms with Gasteiger partial charge in [0.1, 0.15) is 5.82 Å². The molecular weight excluding hydrogens is 222 g/mol. The van der Waals surface area contributed by atoms with Crippen LogP contribution < -0.4 is 0 Å². The topological polar surface area (TPSA) is 21.1 Å². The largest absolute Gasteiger partial charge is 0.330 e. The first-order valence-electron chi connectivity index (χ1n) is 6.53. The van der Waals surface area contributed by atoms with Crippen LogP contribution in [0.5, 0.6) is 0 Å². The van der Waals surface area contributed by atoms with E-state index in [0.717, 1.165) is 43.8 Å². The molecule has 1 aromatic carbocycles. The molecule has 0 N–H and O–H groups in total. The summed E-state index contributed by atoms with van der Waals surface area (Å²) in [5, 5.41) is 0. The van der Waals surface area contributed by atoms with E-state index in [4.69, 9.17) is 4.98 Å². The van der Waals surface area contributed by atoms with Crippen LogP contribution >= 0.6 is 0 Å². The fraction of sp³-hybridized carbons (Fsp3) is 0.400. The van der Waals surface area contributed by atoms with Gasteiger partial charge in [-0.1, -0.05) is 24.3 Å². The molecule has 0 aliphatic carbocycles. The number of benzene rings is 1. The lowest BCUT2D eigenvalue weighted by Gasteiger charge is -2.27. The molecule has 3 heteroatoms. The number of piperidine rings is 1. The van der Waals surface area contributed by atoms with Crippen LogP contribution in [0.15, 0.2) is 36.4 Å². The Kier molecular flexibility index (Phi) is 2.92. The second kappa shape index (κ2) is 4.58. The number of likely N-dealkylation sites (tertiary alicyclic amines) is 1. The molecule has 1 aliphatic heterocycles. The molecule has 3 nitrogen and oxygen atoms in total. The predicted molar refractivity (Wildman–Crippen MR) is 74.4 cm³/mol. The van der Waals surface area contributed by atoms with E-state index in [1.165, 1.54) is 11.1 Å². The van der Waals surface area contributed by atoms with Gasteiger partial charge in [-0.2, -0.15) is 0 Å². The third kappa shape index (κ3) is 2.06. The summed E-state index contributed by atoms with van der Waals surface area (Å²) in [5.74, 6) is 1.16. The minimum absolute atomic E-state index is 0.943. The lowest BCUT2D eigenvalue weighted by Crippen LogP contribution is -2.31. The van der Waals surface area contributed by atoms with E-state index < -0.39 is 0 Å². The van der Waals surface area contributed by atoms with Crippen molar-refractivity contribution in [2.24, 2.45) is 7.05 Å². The van der Waals surface area contributed by atoms with Crippen molar-refractivity contribution >= 4 is 11.0 Å². The summed E-state index contributed by atoms with van der Waals surface area (Å²) in [5.41, 5.74) is 3.70. The van der Waals surface area contributed by atoms with Crippen molar-refractivity contribution in [3.05, 3.63) is 42.2 Å². The predicted octanol–water partition coefficient (Wildman–Crippen LogP) is 2.73. The quantitative estimate of drug-likeness (QED) is 0.754. The molecule has 0 atom stereocenters. The van der Waals surface area contributed by atoms with E-state index in [1.807, 2.05) is 6.07 Å². The van der Waals surface area contributed by atoms with Crippen LogP contribution in [-0.4, -0.2) is 27.5 Å². The summed E-state index contributed by atoms with van der Waals surface area (Å²) < 4.78 is 2.21. The Hall–Kier alpha value is -1.61. The average Bonchev–Trinajstić information content (AvgIpc) is 2.70. The fourth-order valence-corrected chi connectivity index (χ4v) is 2.56. The number of hydrogen-bond donors (Lipinski definition) is 0. The molecular formula is C15H19N3. The van der Waals surface area contributed by atoms with E-state index in [-0.39, 0.29) is 0 Å². The van der Waals surface area contributed by atoms with Crippen molar-refractivity contribution < 1.29 is 0 Å². The molecule has 3 rings (SSSR count). The highest BCUT2D eigenvalue weighted by Gasteiger charge is 2.15. The fourth-order valence-electron chi connectivity index (χ4n) is 2.56. The highest BCUT2D eigenvalue weighted by Crippen LogP contribution is 2.19. The van der Waals surface area contributed by atoms with Gasteiger partial charge in [-0.25, -0.2) is 4.98 Å². The van der Waals surface area contributed by atoms with Gasteiger partial charge in [-0.05, 0) is 25.0 Å². The number of fused-ring (bicyclic) bond motifs is 1. The van der Waals surface area contributed by atoms with Gasteiger partial charge in [-0.3, -0.25) is 4.90 Å². The van der Waals surface area contributed by atoms with Crippen LogP contribution in [0, 0.1) is 0 Å². The molecule has 0 unspecified atom stereocenters. The van der Waals surface area contributed by atoms with Gasteiger partial charge in [0.05, 0.1) is 17.6 Å². The van der Waals surface area contributed by atoms with Crippen molar-refractivity contribution in [1.29, 1.82) is 0 Å². The zero-order valence-electron chi connectivity index (χ0n) is 10.9. The zero-order valence-corrected chi connectivity index (χ0v) is 10.9. The van der Waals surface area contributed by atoms with Crippen LogP contribution in [0.4, 0.5) is 0 Å². The standard InChI is InChI=1S/C15H19N3/c1-12-7-9-18(10-8-12)11-15-16-13-5-3-4-6-14(13)17(15)2/h3-6H,1,7-11H2,2H3. The van der Waals surface area contributed by atoms with Crippen LogP contribution in [0.2, 0.25) is 0 Å². The molecule has 0 spiro atoms. The van der Waals surface area contributed by atoms with E-state index in [2.05, 4.69) is 41.3 Å². The van der Waals surface area contributed by atoms with Crippen LogP contribution in [-0.2, 0) is 13.6 Å². The normalized spacial score (nSPS) is 17.5. The Bertz CT molecular complexity index is 572. The lowest BCUT2D eigenvalue weighted by molar-refractivity contribution is 0.241. The molecule has 0 amide bonds. The maximum Gasteiger partial charge on any atom is 0.123 e. The van der Waals surface area contributed by atoms with Crippen molar-refractivity contribution in [3.63, 3.8) is 0 Å². The van der Waals surface area contributed by atoms with Crippen LogP contribution in [0.1, 0.15) is 18.7 Å². The lowest BCUT2D eigenvalue weighted by atomic mass is 10.1. The van der Waals surface area contributed by atoms with Crippen molar-refractivity contribution in [2.45, 2.75) is 19.4 Å². The molecule has 1 saturated heterocycles. The Balaban J connectivity index is 1.82. The first kappa shape index (κ1) is 11.5. The molecule has 94 valence electrons. The zero-order chi connectivity index (χ0) is 12.5. The minimum atomic E-state index is 0.943. The van der Waals surface area contributed by atoms with E-state index in [0.29, 0.717) is 0 Å². The Morgan fingerprint density at radius 3 is 2.67 bits per heavy atom. The summed E-state index contributed by atoms with van der Waals surface area (Å²) in [6.45, 7) is 7.23. The summed E-state index contributed by atoms with van der Waals surface area (Å²) in [6.07, 6.45) is 2.26. The monoisotopic (exact) mass is 241 g/mol. The second-order valence-corrected chi connectivity index (χ2v) is 5.10. The van der Waals surface area contributed by atoms with Crippen LogP contribution in [0.3, 0.4) is 0 Å². The number of hydrogen-bond acceptors (Lipinski definition) is 2. The molecule has 2 aromatic rings. The molecule has 1 aliphatic rings. The number of rotatable bonds is 2. The summed E-state index contributed by atoms with van der Waals surface area (Å²) in [4.78, 5) is 7.19. The Morgan fingerprint density at radius 1 is 1.22 bits per heavy atom. The van der Waals surface area contributed by atoms with Gasteiger partial charge in [0.25, 0.3) is 0 Å². The molecule has 0 saturated carbocycles. The molecule has 0 bridgehead atoms. The SMILES string of the molecule is C=C1CCN(Cc2nc3ccccc3n2C)CC1. The van der Waals surface area contributed by atoms with Gasteiger partial charge in [-0.15, -0.1) is 0 Å². The van der Waals surface area contributed by atoms with Gasteiger partial charge >= 0.3 is 0 Å².